The molecule has 33 heavy (non-hydrogen) atoms. The predicted molar refractivity (Wildman–Crippen MR) is 133 cm³/mol. The summed E-state index contributed by atoms with van der Waals surface area (Å²) in [4.78, 5) is 11.1. The lowest BCUT2D eigenvalue weighted by Gasteiger charge is -2.09. The van der Waals surface area contributed by atoms with Crippen LogP contribution in [-0.4, -0.2) is 13.0 Å². The normalized spacial score (nSPS) is 10.4. The summed E-state index contributed by atoms with van der Waals surface area (Å²) in [6.45, 7) is 1.48. The molecule has 0 radical (unpaired) electrons. The van der Waals surface area contributed by atoms with Crippen LogP contribution in [0, 0.1) is 0 Å². The van der Waals surface area contributed by atoms with Crippen molar-refractivity contribution in [2.75, 3.05) is 17.7 Å². The molecule has 166 valence electrons. The van der Waals surface area contributed by atoms with Crippen molar-refractivity contribution < 1.29 is 14.3 Å². The van der Waals surface area contributed by atoms with E-state index in [9.17, 15) is 4.79 Å². The third-order valence-corrected chi connectivity index (χ3v) is 5.04. The number of benzene rings is 4. The molecule has 0 saturated heterocycles. The maximum Gasteiger partial charge on any atom is 0.221 e. The topological polar surface area (TPSA) is 59.6 Å². The first-order valence-corrected chi connectivity index (χ1v) is 10.8. The monoisotopic (exact) mass is 438 g/mol. The molecular formula is C28H26N2O3. The quantitative estimate of drug-likeness (QED) is 0.315. The van der Waals surface area contributed by atoms with Crippen LogP contribution in [0.3, 0.4) is 0 Å². The molecule has 2 N–H and O–H groups in total. The summed E-state index contributed by atoms with van der Waals surface area (Å²) in [5.41, 5.74) is 4.19. The minimum Gasteiger partial charge on any atom is -0.457 e. The summed E-state index contributed by atoms with van der Waals surface area (Å²) in [6, 6.07) is 31.3. The number of hydrogen-bond acceptors (Lipinski definition) is 4. The number of carbonyl (C=O) groups is 1. The summed E-state index contributed by atoms with van der Waals surface area (Å²) in [6.07, 6.45) is 0.822. The largest absolute Gasteiger partial charge is 0.457 e. The fourth-order valence-electron chi connectivity index (χ4n) is 3.36. The van der Waals surface area contributed by atoms with Gasteiger partial charge in [-0.15, -0.1) is 0 Å². The van der Waals surface area contributed by atoms with Gasteiger partial charge in [0.1, 0.15) is 23.0 Å². The first kappa shape index (κ1) is 22.0. The Labute approximate surface area is 194 Å². The molecule has 4 aromatic carbocycles. The average molecular weight is 439 g/mol. The molecule has 0 aliphatic heterocycles. The van der Waals surface area contributed by atoms with Crippen molar-refractivity contribution in [1.82, 2.24) is 0 Å². The Morgan fingerprint density at radius 3 is 1.33 bits per heavy atom. The highest BCUT2D eigenvalue weighted by molar-refractivity contribution is 5.88. The SMILES string of the molecule is CNc1ccc(Oc2ccc(Cc3ccc(Oc4ccc(NC(C)=O)cc4)cc3)cc2)cc1. The molecule has 5 heteroatoms. The van der Waals surface area contributed by atoms with E-state index in [0.717, 1.165) is 35.0 Å². The fourth-order valence-corrected chi connectivity index (χ4v) is 3.36. The third kappa shape index (κ3) is 6.37. The molecule has 0 aliphatic carbocycles. The number of ether oxygens (including phenoxy) is 2. The van der Waals surface area contributed by atoms with Crippen molar-refractivity contribution in [3.05, 3.63) is 108 Å². The van der Waals surface area contributed by atoms with Crippen LogP contribution >= 0.6 is 0 Å². The van der Waals surface area contributed by atoms with E-state index in [0.29, 0.717) is 5.75 Å². The zero-order chi connectivity index (χ0) is 23.0. The van der Waals surface area contributed by atoms with Crippen LogP contribution in [0.25, 0.3) is 0 Å². The van der Waals surface area contributed by atoms with E-state index in [-0.39, 0.29) is 5.91 Å². The van der Waals surface area contributed by atoms with Crippen molar-refractivity contribution in [1.29, 1.82) is 0 Å². The number of rotatable bonds is 8. The Morgan fingerprint density at radius 2 is 0.970 bits per heavy atom. The van der Waals surface area contributed by atoms with Gasteiger partial charge in [-0.2, -0.15) is 0 Å². The Balaban J connectivity index is 1.32. The average Bonchev–Trinajstić information content (AvgIpc) is 2.83. The van der Waals surface area contributed by atoms with E-state index in [4.69, 9.17) is 9.47 Å². The summed E-state index contributed by atoms with van der Waals surface area (Å²) in [5, 5.41) is 5.84. The molecule has 0 aliphatic rings. The number of hydrogen-bond donors (Lipinski definition) is 2. The molecule has 0 aromatic heterocycles. The van der Waals surface area contributed by atoms with Crippen molar-refractivity contribution in [2.24, 2.45) is 0 Å². The zero-order valence-electron chi connectivity index (χ0n) is 18.7. The molecule has 5 nitrogen and oxygen atoms in total. The lowest BCUT2D eigenvalue weighted by Crippen LogP contribution is -2.05. The number of amides is 1. The van der Waals surface area contributed by atoms with Gasteiger partial charge in [0, 0.05) is 25.3 Å². The minimum atomic E-state index is -0.0964. The van der Waals surface area contributed by atoms with E-state index < -0.39 is 0 Å². The molecule has 0 atom stereocenters. The van der Waals surface area contributed by atoms with Crippen molar-refractivity contribution >= 4 is 17.3 Å². The van der Waals surface area contributed by atoms with Crippen LogP contribution < -0.4 is 20.1 Å². The molecule has 0 fully saturated rings. The van der Waals surface area contributed by atoms with E-state index in [2.05, 4.69) is 34.9 Å². The Hall–Kier alpha value is -4.25. The molecule has 4 rings (SSSR count). The van der Waals surface area contributed by atoms with Crippen LogP contribution in [0.2, 0.25) is 0 Å². The molecule has 0 bridgehead atoms. The second-order valence-corrected chi connectivity index (χ2v) is 7.65. The highest BCUT2D eigenvalue weighted by Crippen LogP contribution is 2.26. The van der Waals surface area contributed by atoms with E-state index in [1.807, 2.05) is 79.8 Å². The second kappa shape index (κ2) is 10.4. The van der Waals surface area contributed by atoms with Gasteiger partial charge >= 0.3 is 0 Å². The summed E-state index contributed by atoms with van der Waals surface area (Å²) < 4.78 is 11.8. The lowest BCUT2D eigenvalue weighted by atomic mass is 10.0. The molecule has 4 aromatic rings. The highest BCUT2D eigenvalue weighted by atomic mass is 16.5. The van der Waals surface area contributed by atoms with Crippen molar-refractivity contribution in [2.45, 2.75) is 13.3 Å². The Kier molecular flexibility index (Phi) is 6.90. The number of anilines is 2. The van der Waals surface area contributed by atoms with Gasteiger partial charge < -0.3 is 20.1 Å². The maximum absolute atomic E-state index is 11.1. The van der Waals surface area contributed by atoms with Crippen LogP contribution in [0.15, 0.2) is 97.1 Å². The summed E-state index contributed by atoms with van der Waals surface area (Å²) in [5.74, 6) is 3.00. The predicted octanol–water partition coefficient (Wildman–Crippen LogP) is 6.86. The van der Waals surface area contributed by atoms with Crippen LogP contribution in [-0.2, 0) is 11.2 Å². The summed E-state index contributed by atoms with van der Waals surface area (Å²) in [7, 11) is 1.89. The van der Waals surface area contributed by atoms with Crippen LogP contribution in [0.5, 0.6) is 23.0 Å². The maximum atomic E-state index is 11.1. The standard InChI is InChI=1S/C28H26N2O3/c1-20(31)30-24-9-17-28(18-10-24)33-26-13-5-22(6-14-26)19-21-3-11-25(12-4-21)32-27-15-7-23(29-2)8-16-27/h3-18,29H,19H2,1-2H3,(H,30,31). The van der Waals surface area contributed by atoms with Gasteiger partial charge in [0.2, 0.25) is 5.91 Å². The van der Waals surface area contributed by atoms with Gasteiger partial charge in [-0.05, 0) is 90.3 Å². The molecular weight excluding hydrogens is 412 g/mol. The molecule has 1 amide bonds. The Morgan fingerprint density at radius 1 is 0.606 bits per heavy atom. The minimum absolute atomic E-state index is 0.0964. The van der Waals surface area contributed by atoms with Gasteiger partial charge in [-0.25, -0.2) is 0 Å². The molecule has 0 saturated carbocycles. The number of carbonyl (C=O) groups excluding carboxylic acids is 1. The van der Waals surface area contributed by atoms with Crippen LogP contribution in [0.1, 0.15) is 18.1 Å². The number of nitrogens with one attached hydrogen (secondary N) is 2. The van der Waals surface area contributed by atoms with Crippen molar-refractivity contribution in [3.63, 3.8) is 0 Å². The fraction of sp³-hybridized carbons (Fsp3) is 0.107. The van der Waals surface area contributed by atoms with Gasteiger partial charge in [-0.3, -0.25) is 4.79 Å². The van der Waals surface area contributed by atoms with Gasteiger partial charge in [-0.1, -0.05) is 24.3 Å². The van der Waals surface area contributed by atoms with Crippen molar-refractivity contribution in [3.8, 4) is 23.0 Å². The first-order valence-electron chi connectivity index (χ1n) is 10.8. The van der Waals surface area contributed by atoms with Gasteiger partial charge in [0.15, 0.2) is 0 Å². The first-order chi connectivity index (χ1) is 16.1. The summed E-state index contributed by atoms with van der Waals surface area (Å²) >= 11 is 0. The molecule has 0 heterocycles. The molecule has 0 spiro atoms. The van der Waals surface area contributed by atoms with Gasteiger partial charge in [0.25, 0.3) is 0 Å². The highest BCUT2D eigenvalue weighted by Gasteiger charge is 2.03. The van der Waals surface area contributed by atoms with Gasteiger partial charge in [0.05, 0.1) is 0 Å². The zero-order valence-corrected chi connectivity index (χ0v) is 18.7. The second-order valence-electron chi connectivity index (χ2n) is 7.65. The molecule has 0 unspecified atom stereocenters. The Bertz CT molecular complexity index is 1180. The van der Waals surface area contributed by atoms with E-state index in [1.54, 1.807) is 0 Å². The lowest BCUT2D eigenvalue weighted by molar-refractivity contribution is -0.114. The van der Waals surface area contributed by atoms with E-state index in [1.165, 1.54) is 18.1 Å². The third-order valence-electron chi connectivity index (χ3n) is 5.04. The van der Waals surface area contributed by atoms with E-state index >= 15 is 0 Å². The van der Waals surface area contributed by atoms with Crippen LogP contribution in [0.4, 0.5) is 11.4 Å². The smallest absolute Gasteiger partial charge is 0.221 e.